The summed E-state index contributed by atoms with van der Waals surface area (Å²) in [6.45, 7) is 4.65. The summed E-state index contributed by atoms with van der Waals surface area (Å²) in [6.07, 6.45) is 5.00. The molecule has 0 bridgehead atoms. The molecule has 0 amide bonds. The number of carboxylic acids is 1. The molecule has 2 atom stereocenters. The first-order valence-corrected chi connectivity index (χ1v) is 6.97. The molecule has 2 rings (SSSR count). The van der Waals surface area contributed by atoms with E-state index in [4.69, 9.17) is 10.8 Å². The molecule has 3 N–H and O–H groups in total. The molecule has 19 heavy (non-hydrogen) atoms. The summed E-state index contributed by atoms with van der Waals surface area (Å²) in [4.78, 5) is 10.8. The molecule has 0 heterocycles. The van der Waals surface area contributed by atoms with Crippen LogP contribution in [-0.4, -0.2) is 11.1 Å². The second kappa shape index (κ2) is 5.33. The quantitative estimate of drug-likeness (QED) is 0.876. The molecule has 1 fully saturated rings. The van der Waals surface area contributed by atoms with Gasteiger partial charge in [0, 0.05) is 0 Å². The van der Waals surface area contributed by atoms with Crippen molar-refractivity contribution in [2.45, 2.75) is 51.5 Å². The van der Waals surface area contributed by atoms with Crippen molar-refractivity contribution in [2.24, 2.45) is 11.1 Å². The highest BCUT2D eigenvalue weighted by Gasteiger charge is 2.28. The first kappa shape index (κ1) is 14.1. The second-order valence-corrected chi connectivity index (χ2v) is 6.44. The zero-order valence-corrected chi connectivity index (χ0v) is 11.7. The number of nitrogens with two attached hydrogens (primary N) is 1. The largest absolute Gasteiger partial charge is 0.480 e. The van der Waals surface area contributed by atoms with Crippen LogP contribution in [0, 0.1) is 5.41 Å². The maximum absolute atomic E-state index is 10.8. The third-order valence-corrected chi connectivity index (χ3v) is 4.24. The molecule has 0 aromatic heterocycles. The van der Waals surface area contributed by atoms with Crippen LogP contribution in [-0.2, 0) is 4.79 Å². The minimum atomic E-state index is -0.980. The molecule has 1 aliphatic carbocycles. The van der Waals surface area contributed by atoms with E-state index in [-0.39, 0.29) is 0 Å². The molecule has 1 aromatic carbocycles. The van der Waals surface area contributed by atoms with Gasteiger partial charge in [-0.1, -0.05) is 44.5 Å². The number of benzene rings is 1. The summed E-state index contributed by atoms with van der Waals surface area (Å²) in [5.74, 6) is -0.384. The van der Waals surface area contributed by atoms with Gasteiger partial charge in [0.25, 0.3) is 0 Å². The van der Waals surface area contributed by atoms with Crippen molar-refractivity contribution in [1.82, 2.24) is 0 Å². The Morgan fingerprint density at radius 2 is 2.00 bits per heavy atom. The molecule has 1 aromatic rings. The van der Waals surface area contributed by atoms with E-state index < -0.39 is 12.0 Å². The highest BCUT2D eigenvalue weighted by atomic mass is 16.4. The number of carbonyl (C=O) groups is 1. The van der Waals surface area contributed by atoms with E-state index in [1.54, 1.807) is 0 Å². The van der Waals surface area contributed by atoms with Crippen molar-refractivity contribution in [3.63, 3.8) is 0 Å². The van der Waals surface area contributed by atoms with Crippen molar-refractivity contribution in [1.29, 1.82) is 0 Å². The lowest BCUT2D eigenvalue weighted by molar-refractivity contribution is -0.138. The molecule has 0 spiro atoms. The zero-order valence-electron chi connectivity index (χ0n) is 11.7. The minimum absolute atomic E-state index is 0.416. The van der Waals surface area contributed by atoms with Gasteiger partial charge in [0.2, 0.25) is 0 Å². The summed E-state index contributed by atoms with van der Waals surface area (Å²) in [7, 11) is 0. The minimum Gasteiger partial charge on any atom is -0.480 e. The van der Waals surface area contributed by atoms with Crippen LogP contribution in [0.2, 0.25) is 0 Å². The Morgan fingerprint density at radius 1 is 1.37 bits per heavy atom. The lowest BCUT2D eigenvalue weighted by atomic mass is 9.70. The first-order valence-electron chi connectivity index (χ1n) is 6.97. The lowest BCUT2D eigenvalue weighted by Gasteiger charge is -2.35. The molecular formula is C16H23NO2. The van der Waals surface area contributed by atoms with Crippen LogP contribution in [0.15, 0.2) is 24.3 Å². The highest BCUT2D eigenvalue weighted by molar-refractivity contribution is 5.75. The fraction of sp³-hybridized carbons (Fsp3) is 0.562. The van der Waals surface area contributed by atoms with E-state index in [9.17, 15) is 4.79 Å². The maximum Gasteiger partial charge on any atom is 0.325 e. The van der Waals surface area contributed by atoms with E-state index in [1.165, 1.54) is 31.2 Å². The van der Waals surface area contributed by atoms with Gasteiger partial charge in [0.1, 0.15) is 6.04 Å². The number of aliphatic carboxylic acids is 1. The van der Waals surface area contributed by atoms with Crippen molar-refractivity contribution in [3.8, 4) is 0 Å². The Bertz CT molecular complexity index is 450. The van der Waals surface area contributed by atoms with E-state index in [1.807, 2.05) is 24.3 Å². The molecule has 1 saturated carbocycles. The Kier molecular flexibility index (Phi) is 3.95. The number of hydrogen-bond acceptors (Lipinski definition) is 2. The molecular weight excluding hydrogens is 238 g/mol. The average molecular weight is 261 g/mol. The van der Waals surface area contributed by atoms with Crippen molar-refractivity contribution in [2.75, 3.05) is 0 Å². The molecule has 1 aliphatic rings. The molecule has 3 heteroatoms. The maximum atomic E-state index is 10.8. The molecule has 0 radical (unpaired) electrons. The predicted molar refractivity (Wildman–Crippen MR) is 76.0 cm³/mol. The second-order valence-electron chi connectivity index (χ2n) is 6.44. The van der Waals surface area contributed by atoms with E-state index in [0.717, 1.165) is 0 Å². The zero-order chi connectivity index (χ0) is 14.0. The van der Waals surface area contributed by atoms with Crippen LogP contribution in [0.25, 0.3) is 0 Å². The Labute approximate surface area is 114 Å². The lowest BCUT2D eigenvalue weighted by Crippen LogP contribution is -2.22. The van der Waals surface area contributed by atoms with Gasteiger partial charge in [-0.05, 0) is 41.7 Å². The van der Waals surface area contributed by atoms with Crippen LogP contribution in [0.1, 0.15) is 62.6 Å². The molecule has 3 nitrogen and oxygen atoms in total. The Balaban J connectivity index is 2.12. The van der Waals surface area contributed by atoms with Gasteiger partial charge >= 0.3 is 5.97 Å². The van der Waals surface area contributed by atoms with Crippen molar-refractivity contribution < 1.29 is 9.90 Å². The summed E-state index contributed by atoms with van der Waals surface area (Å²) in [5, 5.41) is 8.90. The molecule has 104 valence electrons. The van der Waals surface area contributed by atoms with Crippen LogP contribution >= 0.6 is 0 Å². The molecule has 0 aliphatic heterocycles. The van der Waals surface area contributed by atoms with Gasteiger partial charge in [0.05, 0.1) is 0 Å². The summed E-state index contributed by atoms with van der Waals surface area (Å²) in [6, 6.07) is 6.89. The van der Waals surface area contributed by atoms with Crippen LogP contribution in [0.3, 0.4) is 0 Å². The monoisotopic (exact) mass is 261 g/mol. The third kappa shape index (κ3) is 3.35. The van der Waals surface area contributed by atoms with Gasteiger partial charge < -0.3 is 10.8 Å². The van der Waals surface area contributed by atoms with Gasteiger partial charge in [-0.3, -0.25) is 4.79 Å². The van der Waals surface area contributed by atoms with E-state index >= 15 is 0 Å². The standard InChI is InChI=1S/C16H23NO2/c1-16(2)9-3-4-13(10-16)11-5-7-12(8-6-11)14(17)15(18)19/h5-8,13-14H,3-4,9-10,17H2,1-2H3,(H,18,19). The van der Waals surface area contributed by atoms with Gasteiger partial charge in [-0.2, -0.15) is 0 Å². The third-order valence-electron chi connectivity index (χ3n) is 4.24. The Morgan fingerprint density at radius 3 is 2.53 bits per heavy atom. The average Bonchev–Trinajstić information content (AvgIpc) is 2.37. The topological polar surface area (TPSA) is 63.3 Å². The Hall–Kier alpha value is -1.35. The van der Waals surface area contributed by atoms with E-state index in [2.05, 4.69) is 13.8 Å². The molecule has 2 unspecified atom stereocenters. The van der Waals surface area contributed by atoms with Crippen LogP contribution in [0.5, 0.6) is 0 Å². The van der Waals surface area contributed by atoms with Crippen LogP contribution in [0.4, 0.5) is 0 Å². The summed E-state index contributed by atoms with van der Waals surface area (Å²) >= 11 is 0. The predicted octanol–water partition coefficient (Wildman–Crippen LogP) is 3.45. The van der Waals surface area contributed by atoms with Gasteiger partial charge in [0.15, 0.2) is 0 Å². The first-order chi connectivity index (χ1) is 8.89. The summed E-state index contributed by atoms with van der Waals surface area (Å²) in [5.41, 5.74) is 8.01. The normalized spacial score (nSPS) is 23.8. The summed E-state index contributed by atoms with van der Waals surface area (Å²) < 4.78 is 0. The number of hydrogen-bond donors (Lipinski definition) is 2. The van der Waals surface area contributed by atoms with Crippen molar-refractivity contribution in [3.05, 3.63) is 35.4 Å². The van der Waals surface area contributed by atoms with E-state index in [0.29, 0.717) is 16.9 Å². The smallest absolute Gasteiger partial charge is 0.325 e. The fourth-order valence-electron chi connectivity index (χ4n) is 3.10. The SMILES string of the molecule is CC1(C)CCCC(c2ccc(C(N)C(=O)O)cc2)C1. The highest BCUT2D eigenvalue weighted by Crippen LogP contribution is 2.43. The number of rotatable bonds is 3. The van der Waals surface area contributed by atoms with Gasteiger partial charge in [-0.25, -0.2) is 0 Å². The van der Waals surface area contributed by atoms with Crippen molar-refractivity contribution >= 4 is 5.97 Å². The molecule has 0 saturated heterocycles. The fourth-order valence-corrected chi connectivity index (χ4v) is 3.10. The van der Waals surface area contributed by atoms with Gasteiger partial charge in [-0.15, -0.1) is 0 Å². The number of carboxylic acid groups (broad SMARTS) is 1. The van der Waals surface area contributed by atoms with Crippen LogP contribution < -0.4 is 5.73 Å².